The van der Waals surface area contributed by atoms with E-state index in [1.54, 1.807) is 11.8 Å². The Bertz CT molecular complexity index is 429. The molecule has 5 heteroatoms. The smallest absolute Gasteiger partial charge is 0.237 e. The molecular weight excluding hydrogens is 304 g/mol. The second-order valence-corrected chi connectivity index (χ2v) is 7.04. The van der Waals surface area contributed by atoms with Crippen molar-refractivity contribution in [3.63, 3.8) is 0 Å². The molecule has 0 radical (unpaired) electrons. The van der Waals surface area contributed by atoms with E-state index in [1.165, 1.54) is 5.56 Å². The third kappa shape index (κ3) is 7.21. The maximum Gasteiger partial charge on any atom is 0.237 e. The Morgan fingerprint density at radius 2 is 1.86 bits per heavy atom. The van der Waals surface area contributed by atoms with Crippen molar-refractivity contribution >= 4 is 30.1 Å². The normalized spacial score (nSPS) is 12.4. The summed E-state index contributed by atoms with van der Waals surface area (Å²) in [4.78, 5) is 11.8. The van der Waals surface area contributed by atoms with Crippen LogP contribution in [0.3, 0.4) is 0 Å². The number of carbonyl (C=O) groups excluding carboxylic acids is 1. The van der Waals surface area contributed by atoms with Crippen molar-refractivity contribution in [3.8, 4) is 0 Å². The zero-order valence-electron chi connectivity index (χ0n) is 13.3. The Morgan fingerprint density at radius 3 is 2.33 bits per heavy atom. The van der Waals surface area contributed by atoms with Crippen molar-refractivity contribution in [1.82, 2.24) is 5.32 Å². The summed E-state index contributed by atoms with van der Waals surface area (Å²) in [6.45, 7) is 7.11. The van der Waals surface area contributed by atoms with E-state index < -0.39 is 6.04 Å². The number of rotatable bonds is 6. The molecule has 0 saturated carbocycles. The molecule has 1 atom stereocenters. The summed E-state index contributed by atoms with van der Waals surface area (Å²) in [5.74, 6) is 0.841. The number of nitrogens with one attached hydrogen (secondary N) is 1. The van der Waals surface area contributed by atoms with E-state index in [1.807, 2.05) is 6.26 Å². The van der Waals surface area contributed by atoms with Crippen LogP contribution in [-0.4, -0.2) is 24.0 Å². The van der Waals surface area contributed by atoms with Gasteiger partial charge in [0.25, 0.3) is 0 Å². The minimum absolute atomic E-state index is 0. The summed E-state index contributed by atoms with van der Waals surface area (Å²) in [6.07, 6.45) is 2.73. The van der Waals surface area contributed by atoms with Crippen LogP contribution in [0.1, 0.15) is 38.3 Å². The molecule has 0 spiro atoms. The summed E-state index contributed by atoms with van der Waals surface area (Å²) in [6, 6.07) is 7.96. The summed E-state index contributed by atoms with van der Waals surface area (Å²) >= 11 is 1.71. The van der Waals surface area contributed by atoms with Gasteiger partial charge in [-0.25, -0.2) is 0 Å². The van der Waals surface area contributed by atoms with Gasteiger partial charge < -0.3 is 11.1 Å². The van der Waals surface area contributed by atoms with E-state index >= 15 is 0 Å². The third-order valence-electron chi connectivity index (χ3n) is 3.26. The summed E-state index contributed by atoms with van der Waals surface area (Å²) < 4.78 is 0. The number of halogens is 1. The van der Waals surface area contributed by atoms with Crippen LogP contribution in [0.2, 0.25) is 0 Å². The van der Waals surface area contributed by atoms with Crippen molar-refractivity contribution < 1.29 is 4.79 Å². The largest absolute Gasteiger partial charge is 0.351 e. The Morgan fingerprint density at radius 1 is 1.29 bits per heavy atom. The second-order valence-electron chi connectivity index (χ2n) is 6.05. The lowest BCUT2D eigenvalue weighted by atomic mass is 9.87. The molecule has 0 unspecified atom stereocenters. The first-order chi connectivity index (χ1) is 9.34. The molecule has 0 aliphatic rings. The first kappa shape index (κ1) is 20.3. The molecule has 0 heterocycles. The highest BCUT2D eigenvalue weighted by atomic mass is 35.5. The second kappa shape index (κ2) is 9.34. The molecule has 1 aromatic carbocycles. The van der Waals surface area contributed by atoms with Gasteiger partial charge in [-0.2, -0.15) is 11.8 Å². The van der Waals surface area contributed by atoms with Gasteiger partial charge >= 0.3 is 0 Å². The highest BCUT2D eigenvalue weighted by Crippen LogP contribution is 2.22. The maximum atomic E-state index is 11.8. The number of nitrogens with two attached hydrogens (primary N) is 1. The van der Waals surface area contributed by atoms with E-state index in [-0.39, 0.29) is 23.7 Å². The molecule has 0 aromatic heterocycles. The number of benzene rings is 1. The SMILES string of the molecule is CSCC[C@H](N)C(=O)NCc1ccc(C(C)(C)C)cc1.Cl. The lowest BCUT2D eigenvalue weighted by Crippen LogP contribution is -2.40. The Kier molecular flexibility index (Phi) is 9.02. The van der Waals surface area contributed by atoms with Gasteiger partial charge in [0.1, 0.15) is 0 Å². The molecule has 1 rings (SSSR count). The minimum Gasteiger partial charge on any atom is -0.351 e. The van der Waals surface area contributed by atoms with Crippen molar-refractivity contribution in [2.45, 2.75) is 45.2 Å². The van der Waals surface area contributed by atoms with Gasteiger partial charge in [0.05, 0.1) is 6.04 Å². The van der Waals surface area contributed by atoms with Gasteiger partial charge in [-0.05, 0) is 35.0 Å². The fraction of sp³-hybridized carbons (Fsp3) is 0.562. The number of hydrogen-bond donors (Lipinski definition) is 2. The fourth-order valence-corrected chi connectivity index (χ4v) is 2.31. The average molecular weight is 331 g/mol. The van der Waals surface area contributed by atoms with Gasteiger partial charge in [0.2, 0.25) is 5.91 Å². The highest BCUT2D eigenvalue weighted by Gasteiger charge is 2.14. The first-order valence-electron chi connectivity index (χ1n) is 6.96. The van der Waals surface area contributed by atoms with Gasteiger partial charge in [0, 0.05) is 6.54 Å². The van der Waals surface area contributed by atoms with Gasteiger partial charge in [-0.15, -0.1) is 12.4 Å². The van der Waals surface area contributed by atoms with Crippen LogP contribution in [0, 0.1) is 0 Å². The van der Waals surface area contributed by atoms with E-state index in [4.69, 9.17) is 5.73 Å². The van der Waals surface area contributed by atoms with Crippen LogP contribution in [-0.2, 0) is 16.8 Å². The molecule has 0 saturated heterocycles. The topological polar surface area (TPSA) is 55.1 Å². The summed E-state index contributed by atoms with van der Waals surface area (Å²) in [5, 5.41) is 2.89. The number of hydrogen-bond acceptors (Lipinski definition) is 3. The Balaban J connectivity index is 0.00000400. The van der Waals surface area contributed by atoms with Crippen molar-refractivity contribution in [1.29, 1.82) is 0 Å². The molecule has 1 amide bonds. The average Bonchev–Trinajstić information content (AvgIpc) is 2.41. The van der Waals surface area contributed by atoms with Gasteiger partial charge in [-0.3, -0.25) is 4.79 Å². The van der Waals surface area contributed by atoms with Crippen molar-refractivity contribution in [2.24, 2.45) is 5.73 Å². The quantitative estimate of drug-likeness (QED) is 0.842. The van der Waals surface area contributed by atoms with Crippen molar-refractivity contribution in [3.05, 3.63) is 35.4 Å². The Hall–Kier alpha value is -0.710. The minimum atomic E-state index is -0.406. The maximum absolute atomic E-state index is 11.8. The predicted octanol–water partition coefficient (Wildman–Crippen LogP) is 3.10. The lowest BCUT2D eigenvalue weighted by Gasteiger charge is -2.19. The van der Waals surface area contributed by atoms with E-state index in [0.29, 0.717) is 6.54 Å². The monoisotopic (exact) mass is 330 g/mol. The Labute approximate surface area is 138 Å². The number of amides is 1. The molecule has 0 aliphatic heterocycles. The zero-order chi connectivity index (χ0) is 15.2. The molecule has 120 valence electrons. The number of thioether (sulfide) groups is 1. The summed E-state index contributed by atoms with van der Waals surface area (Å²) in [7, 11) is 0. The van der Waals surface area contributed by atoms with E-state index in [0.717, 1.165) is 17.7 Å². The van der Waals surface area contributed by atoms with E-state index in [2.05, 4.69) is 50.4 Å². The van der Waals surface area contributed by atoms with E-state index in [9.17, 15) is 4.79 Å². The van der Waals surface area contributed by atoms with Crippen LogP contribution >= 0.6 is 24.2 Å². The van der Waals surface area contributed by atoms with Crippen LogP contribution in [0.15, 0.2) is 24.3 Å². The van der Waals surface area contributed by atoms with Crippen LogP contribution < -0.4 is 11.1 Å². The van der Waals surface area contributed by atoms with Crippen molar-refractivity contribution in [2.75, 3.05) is 12.0 Å². The standard InChI is InChI=1S/C16H26N2OS.ClH/c1-16(2,3)13-7-5-12(6-8-13)11-18-15(19)14(17)9-10-20-4;/h5-8,14H,9-11,17H2,1-4H3,(H,18,19);1H/t14-;/m0./s1. The predicted molar refractivity (Wildman–Crippen MR) is 95.2 cm³/mol. The lowest BCUT2D eigenvalue weighted by molar-refractivity contribution is -0.122. The third-order valence-corrected chi connectivity index (χ3v) is 3.90. The van der Waals surface area contributed by atoms with Gasteiger partial charge in [0.15, 0.2) is 0 Å². The fourth-order valence-electron chi connectivity index (χ4n) is 1.82. The zero-order valence-corrected chi connectivity index (χ0v) is 14.9. The number of carbonyl (C=O) groups is 1. The molecule has 1 aromatic rings. The van der Waals surface area contributed by atoms with Crippen LogP contribution in [0.5, 0.6) is 0 Å². The van der Waals surface area contributed by atoms with Gasteiger partial charge in [-0.1, -0.05) is 45.0 Å². The highest BCUT2D eigenvalue weighted by molar-refractivity contribution is 7.98. The van der Waals surface area contributed by atoms with Crippen LogP contribution in [0.4, 0.5) is 0 Å². The molecule has 0 aliphatic carbocycles. The summed E-state index contributed by atoms with van der Waals surface area (Å²) in [5.41, 5.74) is 8.37. The molecule has 0 fully saturated rings. The molecule has 3 N–H and O–H groups in total. The molecule has 21 heavy (non-hydrogen) atoms. The molecule has 3 nitrogen and oxygen atoms in total. The molecular formula is C16H27ClN2OS. The van der Waals surface area contributed by atoms with Crippen LogP contribution in [0.25, 0.3) is 0 Å². The first-order valence-corrected chi connectivity index (χ1v) is 8.35. The molecule has 0 bridgehead atoms.